The molecule has 3 aromatic rings. The molecule has 1 saturated heterocycles. The average molecular weight is 559 g/mol. The van der Waals surface area contributed by atoms with Gasteiger partial charge in [0.15, 0.2) is 0 Å². The summed E-state index contributed by atoms with van der Waals surface area (Å²) in [6, 6.07) is 15.9. The number of rotatable bonds is 7. The third-order valence-corrected chi connectivity index (χ3v) is 7.59. The first-order chi connectivity index (χ1) is 18.6. The van der Waals surface area contributed by atoms with E-state index in [-0.39, 0.29) is 28.8 Å². The number of alkyl halides is 3. The van der Waals surface area contributed by atoms with Crippen LogP contribution in [0, 0.1) is 0 Å². The van der Waals surface area contributed by atoms with Gasteiger partial charge < -0.3 is 20.1 Å². The number of hydrogen-bond acceptors (Lipinski definition) is 4. The molecule has 0 saturated carbocycles. The number of nitrogens with zero attached hydrogens (tertiary/aromatic N) is 1. The molecule has 204 valence electrons. The normalized spacial score (nSPS) is 15.5. The zero-order valence-electron chi connectivity index (χ0n) is 20.8. The fraction of sp³-hybridized carbons (Fsp3) is 0.310. The van der Waals surface area contributed by atoms with Gasteiger partial charge >= 0.3 is 18.2 Å². The zero-order valence-corrected chi connectivity index (χ0v) is 21.6. The minimum atomic E-state index is -4.73. The number of carbonyl (C=O) groups excluding carboxylic acids is 1. The van der Waals surface area contributed by atoms with Crippen LogP contribution in [0.1, 0.15) is 41.0 Å². The Balaban J connectivity index is 1.32. The highest BCUT2D eigenvalue weighted by Crippen LogP contribution is 2.44. The molecule has 0 radical (unpaired) electrons. The summed E-state index contributed by atoms with van der Waals surface area (Å²) in [7, 11) is 0. The second-order valence-electron chi connectivity index (χ2n) is 9.72. The van der Waals surface area contributed by atoms with Gasteiger partial charge in [-0.25, -0.2) is 9.59 Å². The molecule has 2 aliphatic rings. The number of anilines is 1. The average Bonchev–Trinajstić information content (AvgIpc) is 3.53. The summed E-state index contributed by atoms with van der Waals surface area (Å²) in [4.78, 5) is 26.4. The predicted octanol–water partition coefficient (Wildman–Crippen LogP) is 6.49. The Kier molecular flexibility index (Phi) is 7.44. The Bertz CT molecular complexity index is 1360. The van der Waals surface area contributed by atoms with Crippen molar-refractivity contribution in [3.63, 3.8) is 0 Å². The maximum absolute atomic E-state index is 14.0. The summed E-state index contributed by atoms with van der Waals surface area (Å²) < 4.78 is 47.3. The van der Waals surface area contributed by atoms with Crippen LogP contribution in [0.15, 0.2) is 60.7 Å². The van der Waals surface area contributed by atoms with Crippen molar-refractivity contribution in [2.75, 3.05) is 24.6 Å². The summed E-state index contributed by atoms with van der Waals surface area (Å²) in [6.07, 6.45) is -4.68. The number of hydrogen-bond donors (Lipinski definition) is 2. The minimum absolute atomic E-state index is 0.0592. The third kappa shape index (κ3) is 5.54. The molecule has 3 aromatic carbocycles. The van der Waals surface area contributed by atoms with E-state index < -0.39 is 36.3 Å². The Morgan fingerprint density at radius 1 is 1.03 bits per heavy atom. The van der Waals surface area contributed by atoms with E-state index in [1.165, 1.54) is 0 Å². The number of aliphatic carboxylic acids is 1. The minimum Gasteiger partial charge on any atom is -0.480 e. The number of fused-ring (bicyclic) bond motifs is 3. The maximum Gasteiger partial charge on any atom is 0.416 e. The smallest absolute Gasteiger partial charge is 0.416 e. The van der Waals surface area contributed by atoms with Crippen molar-refractivity contribution in [3.8, 4) is 11.1 Å². The van der Waals surface area contributed by atoms with Crippen molar-refractivity contribution in [1.29, 1.82) is 0 Å². The molecule has 1 aliphatic carbocycles. The highest BCUT2D eigenvalue weighted by atomic mass is 35.5. The number of ether oxygens (including phenoxy) is 1. The van der Waals surface area contributed by atoms with Gasteiger partial charge in [0.25, 0.3) is 0 Å². The summed E-state index contributed by atoms with van der Waals surface area (Å²) in [5.74, 6) is -1.74. The fourth-order valence-corrected chi connectivity index (χ4v) is 5.74. The molecule has 1 unspecified atom stereocenters. The molecule has 0 aromatic heterocycles. The van der Waals surface area contributed by atoms with Gasteiger partial charge in [-0.2, -0.15) is 13.2 Å². The van der Waals surface area contributed by atoms with E-state index >= 15 is 0 Å². The molecular formula is C29H26ClF3N2O4. The molecule has 0 bridgehead atoms. The van der Waals surface area contributed by atoms with Crippen molar-refractivity contribution >= 4 is 29.4 Å². The molecular weight excluding hydrogens is 533 g/mol. The van der Waals surface area contributed by atoms with E-state index in [0.717, 1.165) is 47.2 Å². The first-order valence-corrected chi connectivity index (χ1v) is 13.0. The van der Waals surface area contributed by atoms with Crippen LogP contribution in [0.25, 0.3) is 11.1 Å². The summed E-state index contributed by atoms with van der Waals surface area (Å²) in [5, 5.41) is 12.0. The number of halogens is 4. The highest BCUT2D eigenvalue weighted by Gasteiger charge is 2.37. The van der Waals surface area contributed by atoms with Crippen LogP contribution in [-0.2, 0) is 22.1 Å². The molecule has 0 spiro atoms. The van der Waals surface area contributed by atoms with Crippen LogP contribution in [-0.4, -0.2) is 42.9 Å². The van der Waals surface area contributed by atoms with Crippen LogP contribution in [0.2, 0.25) is 5.02 Å². The van der Waals surface area contributed by atoms with E-state index in [0.29, 0.717) is 13.1 Å². The molecule has 1 heterocycles. The van der Waals surface area contributed by atoms with Crippen molar-refractivity contribution in [2.45, 2.75) is 37.4 Å². The number of alkyl carbamates (subject to hydrolysis) is 1. The fourth-order valence-electron chi connectivity index (χ4n) is 5.44. The predicted molar refractivity (Wildman–Crippen MR) is 141 cm³/mol. The first kappa shape index (κ1) is 26.9. The molecule has 1 amide bonds. The Morgan fingerprint density at radius 2 is 1.62 bits per heavy atom. The van der Waals surface area contributed by atoms with Crippen LogP contribution >= 0.6 is 11.6 Å². The van der Waals surface area contributed by atoms with Crippen molar-refractivity contribution < 1.29 is 32.6 Å². The molecule has 1 atom stereocenters. The second-order valence-corrected chi connectivity index (χ2v) is 10.1. The molecule has 6 nitrogen and oxygen atoms in total. The standard InChI is InChI=1S/C29H26ClF3N2O4/c30-24-13-17(23(29(31,32)33)15-26(24)35-11-5-6-12-35)14-25(27(36)37)34-28(38)39-16-22-20-9-3-1-7-18(20)19-8-2-4-10-21(19)22/h1-4,7-10,13,15,22,25H,5-6,11-12,14,16H2,(H,34,38)(H,36,37). The Labute approximate surface area is 228 Å². The summed E-state index contributed by atoms with van der Waals surface area (Å²) >= 11 is 6.34. The molecule has 5 rings (SSSR count). The number of benzene rings is 3. The zero-order chi connectivity index (χ0) is 27.7. The number of carbonyl (C=O) groups is 2. The molecule has 1 fully saturated rings. The lowest BCUT2D eigenvalue weighted by Gasteiger charge is -2.24. The molecule has 1 aliphatic heterocycles. The maximum atomic E-state index is 14.0. The van der Waals surface area contributed by atoms with Crippen LogP contribution in [0.5, 0.6) is 0 Å². The Hall–Kier alpha value is -3.72. The van der Waals surface area contributed by atoms with Crippen molar-refractivity contribution in [3.05, 3.63) is 87.9 Å². The van der Waals surface area contributed by atoms with Crippen LogP contribution in [0.3, 0.4) is 0 Å². The van der Waals surface area contributed by atoms with E-state index in [1.807, 2.05) is 48.5 Å². The van der Waals surface area contributed by atoms with E-state index in [4.69, 9.17) is 16.3 Å². The lowest BCUT2D eigenvalue weighted by atomic mass is 9.98. The van der Waals surface area contributed by atoms with E-state index in [9.17, 15) is 27.9 Å². The van der Waals surface area contributed by atoms with Gasteiger partial charge in [0.1, 0.15) is 12.6 Å². The van der Waals surface area contributed by atoms with Gasteiger partial charge in [-0.15, -0.1) is 0 Å². The third-order valence-electron chi connectivity index (χ3n) is 7.28. The second kappa shape index (κ2) is 10.8. The number of nitrogens with one attached hydrogen (secondary N) is 1. The van der Waals surface area contributed by atoms with Gasteiger partial charge in [0.2, 0.25) is 0 Å². The van der Waals surface area contributed by atoms with Crippen molar-refractivity contribution in [1.82, 2.24) is 5.32 Å². The molecule has 10 heteroatoms. The number of carboxylic acids is 1. The number of carboxylic acid groups (broad SMARTS) is 1. The lowest BCUT2D eigenvalue weighted by Crippen LogP contribution is -2.43. The van der Waals surface area contributed by atoms with Gasteiger partial charge in [0, 0.05) is 25.4 Å². The summed E-state index contributed by atoms with van der Waals surface area (Å²) in [6.45, 7) is 1.13. The van der Waals surface area contributed by atoms with Crippen LogP contribution in [0.4, 0.5) is 23.7 Å². The van der Waals surface area contributed by atoms with Crippen LogP contribution < -0.4 is 10.2 Å². The summed E-state index contributed by atoms with van der Waals surface area (Å²) in [5.41, 5.74) is 2.98. The highest BCUT2D eigenvalue weighted by molar-refractivity contribution is 6.33. The van der Waals surface area contributed by atoms with Gasteiger partial charge in [-0.3, -0.25) is 0 Å². The number of amides is 1. The Morgan fingerprint density at radius 3 is 2.18 bits per heavy atom. The quantitative estimate of drug-likeness (QED) is 0.346. The van der Waals surface area contributed by atoms with Gasteiger partial charge in [-0.1, -0.05) is 60.1 Å². The molecule has 2 N–H and O–H groups in total. The van der Waals surface area contributed by atoms with Gasteiger partial charge in [0.05, 0.1) is 16.3 Å². The topological polar surface area (TPSA) is 78.9 Å². The monoisotopic (exact) mass is 558 g/mol. The van der Waals surface area contributed by atoms with Gasteiger partial charge in [-0.05, 0) is 52.8 Å². The van der Waals surface area contributed by atoms with Crippen molar-refractivity contribution in [2.24, 2.45) is 0 Å². The SMILES string of the molecule is O=C(NC(Cc1cc(Cl)c(N2CCCC2)cc1C(F)(F)F)C(=O)O)OCC1c2ccccc2-c2ccccc21. The molecule has 39 heavy (non-hydrogen) atoms. The first-order valence-electron chi connectivity index (χ1n) is 12.6. The van der Waals surface area contributed by atoms with E-state index in [1.54, 1.807) is 4.90 Å². The largest absolute Gasteiger partial charge is 0.480 e. The lowest BCUT2D eigenvalue weighted by molar-refractivity contribution is -0.141. The van der Waals surface area contributed by atoms with E-state index in [2.05, 4.69) is 5.32 Å².